The number of anilines is 2. The van der Waals surface area contributed by atoms with E-state index in [-0.39, 0.29) is 5.91 Å². The van der Waals surface area contributed by atoms with Gasteiger partial charge in [0.15, 0.2) is 5.75 Å². The molecule has 0 aliphatic carbocycles. The van der Waals surface area contributed by atoms with Gasteiger partial charge in [0.2, 0.25) is 0 Å². The maximum atomic E-state index is 12.6. The molecule has 0 radical (unpaired) electrons. The Bertz CT molecular complexity index is 1130. The molecule has 31 heavy (non-hydrogen) atoms. The van der Waals surface area contributed by atoms with Crippen LogP contribution in [-0.4, -0.2) is 29.5 Å². The van der Waals surface area contributed by atoms with Crippen molar-refractivity contribution in [2.75, 3.05) is 19.0 Å². The van der Waals surface area contributed by atoms with Crippen molar-refractivity contribution in [3.63, 3.8) is 0 Å². The molecule has 1 amide bonds. The van der Waals surface area contributed by atoms with Crippen LogP contribution in [0, 0.1) is 12.3 Å². The number of halogens is 1. The lowest BCUT2D eigenvalue weighted by atomic mass is 10.0. The molecule has 0 atom stereocenters. The Hall–Kier alpha value is -3.43. The van der Waals surface area contributed by atoms with Crippen LogP contribution in [0.3, 0.4) is 0 Å². The Morgan fingerprint density at radius 2 is 2.10 bits per heavy atom. The maximum absolute atomic E-state index is 12.6. The lowest BCUT2D eigenvalue weighted by molar-refractivity contribution is 0.0947. The number of rotatable bonds is 4. The molecule has 0 fully saturated rings. The van der Waals surface area contributed by atoms with E-state index in [0.29, 0.717) is 46.2 Å². The third-order valence-corrected chi connectivity index (χ3v) is 4.94. The number of fused-ring (bicyclic) bond motifs is 1. The van der Waals surface area contributed by atoms with Crippen molar-refractivity contribution in [3.05, 3.63) is 58.5 Å². The molecule has 1 aromatic carbocycles. The minimum Gasteiger partial charge on any atom is -0.493 e. The number of amides is 1. The maximum Gasteiger partial charge on any atom is 0.255 e. The number of nitrogens with one attached hydrogen (secondary N) is 3. The van der Waals surface area contributed by atoms with E-state index in [0.717, 1.165) is 17.0 Å². The zero-order valence-corrected chi connectivity index (χ0v) is 18.6. The summed E-state index contributed by atoms with van der Waals surface area (Å²) in [4.78, 5) is 20.1. The monoisotopic (exact) mass is 436 g/mol. The van der Waals surface area contributed by atoms with Gasteiger partial charge in [-0.15, -0.1) is 6.42 Å². The Balaban J connectivity index is 0.000000858. The van der Waals surface area contributed by atoms with Crippen LogP contribution < -0.4 is 15.4 Å². The Morgan fingerprint density at radius 3 is 2.81 bits per heavy atom. The molecule has 3 heterocycles. The number of methoxy groups -OCH3 is 1. The number of hydrogen-bond acceptors (Lipinski definition) is 4. The summed E-state index contributed by atoms with van der Waals surface area (Å²) in [5.41, 5.74) is 4.80. The molecule has 3 aromatic rings. The van der Waals surface area contributed by atoms with Crippen molar-refractivity contribution in [2.24, 2.45) is 0 Å². The summed E-state index contributed by atoms with van der Waals surface area (Å²) in [6.07, 6.45) is 10.9. The molecular formula is C24H25ClN4O2. The Labute approximate surface area is 187 Å². The number of pyridine rings is 1. The molecule has 0 spiro atoms. The highest BCUT2D eigenvalue weighted by Gasteiger charge is 2.28. The first kappa shape index (κ1) is 22.3. The van der Waals surface area contributed by atoms with Crippen molar-refractivity contribution >= 4 is 28.9 Å². The summed E-state index contributed by atoms with van der Waals surface area (Å²) in [5.74, 6) is 3.00. The quantitative estimate of drug-likeness (QED) is 0.493. The summed E-state index contributed by atoms with van der Waals surface area (Å²) < 4.78 is 5.44. The number of benzene rings is 1. The van der Waals surface area contributed by atoms with Crippen LogP contribution in [0.15, 0.2) is 36.7 Å². The average Bonchev–Trinajstić information content (AvgIpc) is 3.14. The molecule has 4 rings (SSSR count). The molecule has 0 unspecified atom stereocenters. The molecule has 1 aliphatic heterocycles. The first-order chi connectivity index (χ1) is 15.0. The molecule has 6 nitrogen and oxygen atoms in total. The van der Waals surface area contributed by atoms with E-state index in [9.17, 15) is 4.79 Å². The van der Waals surface area contributed by atoms with Gasteiger partial charge in [0.25, 0.3) is 5.91 Å². The van der Waals surface area contributed by atoms with Crippen LogP contribution in [0.5, 0.6) is 5.75 Å². The van der Waals surface area contributed by atoms with Crippen molar-refractivity contribution in [1.29, 1.82) is 0 Å². The number of ether oxygens (including phenoxy) is 1. The lowest BCUT2D eigenvalue weighted by Gasteiger charge is -2.17. The summed E-state index contributed by atoms with van der Waals surface area (Å²) in [6.45, 7) is 4.82. The SMILES string of the molecule is C#Cc1cnccc1-c1[nH]c2c(c1Nc1cccc(Cl)c1OC)C(=O)NCC2.CCC. The van der Waals surface area contributed by atoms with E-state index >= 15 is 0 Å². The number of nitrogens with zero attached hydrogens (tertiary/aromatic N) is 1. The highest BCUT2D eigenvalue weighted by atomic mass is 35.5. The van der Waals surface area contributed by atoms with Crippen molar-refractivity contribution in [2.45, 2.75) is 26.7 Å². The van der Waals surface area contributed by atoms with Crippen molar-refractivity contribution in [3.8, 4) is 29.4 Å². The van der Waals surface area contributed by atoms with Gasteiger partial charge in [0.05, 0.1) is 40.3 Å². The van der Waals surface area contributed by atoms with E-state index in [2.05, 4.69) is 40.4 Å². The summed E-state index contributed by atoms with van der Waals surface area (Å²) in [6, 6.07) is 7.21. The van der Waals surface area contributed by atoms with E-state index in [1.54, 1.807) is 25.6 Å². The van der Waals surface area contributed by atoms with E-state index in [1.165, 1.54) is 6.42 Å². The molecule has 0 saturated heterocycles. The van der Waals surface area contributed by atoms with Crippen LogP contribution in [-0.2, 0) is 6.42 Å². The van der Waals surface area contributed by atoms with Crippen molar-refractivity contribution in [1.82, 2.24) is 15.3 Å². The topological polar surface area (TPSA) is 79.0 Å². The zero-order chi connectivity index (χ0) is 22.4. The summed E-state index contributed by atoms with van der Waals surface area (Å²) in [5, 5.41) is 6.69. The molecule has 7 heteroatoms. The second kappa shape index (κ2) is 10.1. The van der Waals surface area contributed by atoms with E-state index in [1.807, 2.05) is 18.2 Å². The summed E-state index contributed by atoms with van der Waals surface area (Å²) >= 11 is 6.26. The third-order valence-electron chi connectivity index (χ3n) is 4.64. The Morgan fingerprint density at radius 1 is 1.32 bits per heavy atom. The Kier molecular flexibility index (Phi) is 7.22. The molecular weight excluding hydrogens is 412 g/mol. The fourth-order valence-corrected chi connectivity index (χ4v) is 3.63. The van der Waals surface area contributed by atoms with E-state index < -0.39 is 0 Å². The number of aromatic amines is 1. The molecule has 1 aliphatic rings. The highest BCUT2D eigenvalue weighted by molar-refractivity contribution is 6.32. The molecule has 3 N–H and O–H groups in total. The average molecular weight is 437 g/mol. The van der Waals surface area contributed by atoms with Gasteiger partial charge in [-0.25, -0.2) is 0 Å². The molecule has 0 bridgehead atoms. The fourth-order valence-electron chi connectivity index (χ4n) is 3.38. The standard InChI is InChI=1S/C21H17ClN4O2.C3H8/c1-3-12-11-23-9-7-13(12)18-19(17-15(25-18)8-10-24-21(17)27)26-16-6-4-5-14(22)20(16)28-2;1-3-2/h1,4-7,9,11,25-26H,8,10H2,2H3,(H,24,27);3H2,1-2H3. The highest BCUT2D eigenvalue weighted by Crippen LogP contribution is 2.41. The van der Waals surface area contributed by atoms with Gasteiger partial charge in [0.1, 0.15) is 0 Å². The minimum absolute atomic E-state index is 0.149. The molecule has 160 valence electrons. The number of aromatic nitrogens is 2. The van der Waals surface area contributed by atoms with Gasteiger partial charge in [0, 0.05) is 36.6 Å². The lowest BCUT2D eigenvalue weighted by Crippen LogP contribution is -2.31. The first-order valence-electron chi connectivity index (χ1n) is 10.1. The number of hydrogen-bond donors (Lipinski definition) is 3. The zero-order valence-electron chi connectivity index (χ0n) is 17.8. The van der Waals surface area contributed by atoms with Crippen molar-refractivity contribution < 1.29 is 9.53 Å². The van der Waals surface area contributed by atoms with Gasteiger partial charge in [-0.1, -0.05) is 43.9 Å². The number of carbonyl (C=O) groups is 1. The van der Waals surface area contributed by atoms with Crippen LogP contribution in [0.4, 0.5) is 11.4 Å². The largest absolute Gasteiger partial charge is 0.493 e. The fraction of sp³-hybridized carbons (Fsp3) is 0.250. The van der Waals surface area contributed by atoms with Crippen LogP contribution in [0.2, 0.25) is 5.02 Å². The molecule has 2 aromatic heterocycles. The smallest absolute Gasteiger partial charge is 0.255 e. The van der Waals surface area contributed by atoms with Gasteiger partial charge in [-0.05, 0) is 18.2 Å². The number of H-pyrrole nitrogens is 1. The van der Waals surface area contributed by atoms with Gasteiger partial charge < -0.3 is 20.4 Å². The second-order valence-electron chi connectivity index (χ2n) is 6.95. The number of para-hydroxylation sites is 1. The van der Waals surface area contributed by atoms with Gasteiger partial charge >= 0.3 is 0 Å². The predicted molar refractivity (Wildman–Crippen MR) is 125 cm³/mol. The van der Waals surface area contributed by atoms with Crippen LogP contribution in [0.25, 0.3) is 11.3 Å². The predicted octanol–water partition coefficient (Wildman–Crippen LogP) is 5.17. The van der Waals surface area contributed by atoms with Crippen LogP contribution in [0.1, 0.15) is 41.9 Å². The van der Waals surface area contributed by atoms with E-state index in [4.69, 9.17) is 22.8 Å². The normalized spacial score (nSPS) is 12.0. The minimum atomic E-state index is -0.149. The third kappa shape index (κ3) is 4.52. The number of carbonyl (C=O) groups excluding carboxylic acids is 1. The number of terminal acetylenes is 1. The van der Waals surface area contributed by atoms with Gasteiger partial charge in [-0.3, -0.25) is 9.78 Å². The first-order valence-corrected chi connectivity index (χ1v) is 10.5. The van der Waals surface area contributed by atoms with Crippen LogP contribution >= 0.6 is 11.6 Å². The van der Waals surface area contributed by atoms with Gasteiger partial charge in [-0.2, -0.15) is 0 Å². The summed E-state index contributed by atoms with van der Waals surface area (Å²) in [7, 11) is 1.55. The molecule has 0 saturated carbocycles. The second-order valence-corrected chi connectivity index (χ2v) is 7.36.